The van der Waals surface area contributed by atoms with Crippen molar-refractivity contribution in [2.24, 2.45) is 0 Å². The highest BCUT2D eigenvalue weighted by molar-refractivity contribution is 9.10. The molecule has 0 N–H and O–H groups in total. The van der Waals surface area contributed by atoms with E-state index < -0.39 is 0 Å². The van der Waals surface area contributed by atoms with Crippen molar-refractivity contribution in [1.29, 1.82) is 0 Å². The number of aldehydes is 1. The number of halogens is 1. The largest absolute Gasteiger partial charge is 0.376 e. The van der Waals surface area contributed by atoms with Crippen molar-refractivity contribution in [2.75, 3.05) is 25.1 Å². The third-order valence-corrected chi connectivity index (χ3v) is 3.91. The molecule has 0 radical (unpaired) electrons. The van der Waals surface area contributed by atoms with Gasteiger partial charge < -0.3 is 9.64 Å². The molecule has 1 atom stereocenters. The predicted molar refractivity (Wildman–Crippen MR) is 76.4 cm³/mol. The minimum atomic E-state index is 0.321. The second kappa shape index (κ2) is 6.34. The van der Waals surface area contributed by atoms with Gasteiger partial charge in [-0.15, -0.1) is 0 Å². The van der Waals surface area contributed by atoms with E-state index in [2.05, 4.69) is 27.9 Å². The van der Waals surface area contributed by atoms with Crippen LogP contribution in [0.3, 0.4) is 0 Å². The Balaban J connectivity index is 2.03. The van der Waals surface area contributed by atoms with Crippen molar-refractivity contribution in [1.82, 2.24) is 0 Å². The van der Waals surface area contributed by atoms with Crippen LogP contribution in [-0.2, 0) is 4.74 Å². The van der Waals surface area contributed by atoms with E-state index in [1.165, 1.54) is 12.8 Å². The number of benzene rings is 1. The summed E-state index contributed by atoms with van der Waals surface area (Å²) in [5.41, 5.74) is 1.78. The summed E-state index contributed by atoms with van der Waals surface area (Å²) in [4.78, 5) is 12.9. The zero-order valence-corrected chi connectivity index (χ0v) is 12.1. The van der Waals surface area contributed by atoms with Gasteiger partial charge in [-0.3, -0.25) is 4.79 Å². The molecular weight excluding hydrogens is 294 g/mol. The summed E-state index contributed by atoms with van der Waals surface area (Å²) in [5, 5.41) is 0. The molecule has 1 aromatic rings. The minimum Gasteiger partial charge on any atom is -0.376 e. The Morgan fingerprint density at radius 1 is 1.50 bits per heavy atom. The topological polar surface area (TPSA) is 29.5 Å². The van der Waals surface area contributed by atoms with Gasteiger partial charge in [-0.1, -0.05) is 0 Å². The van der Waals surface area contributed by atoms with Crippen LogP contribution in [0, 0.1) is 0 Å². The predicted octanol–water partition coefficient (Wildman–Crippen LogP) is 3.27. The van der Waals surface area contributed by atoms with Gasteiger partial charge in [0.1, 0.15) is 6.29 Å². The summed E-state index contributed by atoms with van der Waals surface area (Å²) < 4.78 is 6.69. The zero-order chi connectivity index (χ0) is 13.0. The average molecular weight is 312 g/mol. The number of ether oxygens (including phenoxy) is 1. The number of nitrogens with zero attached hydrogens (tertiary/aromatic N) is 1. The molecular formula is C14H18BrNO2. The molecule has 0 bridgehead atoms. The monoisotopic (exact) mass is 311 g/mol. The van der Waals surface area contributed by atoms with Crippen molar-refractivity contribution in [3.8, 4) is 0 Å². The summed E-state index contributed by atoms with van der Waals surface area (Å²) >= 11 is 3.51. The molecule has 1 unspecified atom stereocenters. The first-order chi connectivity index (χ1) is 8.70. The Morgan fingerprint density at radius 2 is 2.33 bits per heavy atom. The number of carbonyl (C=O) groups excluding carboxylic acids is 1. The Labute approximate surface area is 116 Å². The third-order valence-electron chi connectivity index (χ3n) is 3.27. The van der Waals surface area contributed by atoms with Crippen LogP contribution in [0.25, 0.3) is 0 Å². The van der Waals surface area contributed by atoms with Crippen LogP contribution >= 0.6 is 15.9 Å². The van der Waals surface area contributed by atoms with Gasteiger partial charge in [0.15, 0.2) is 0 Å². The van der Waals surface area contributed by atoms with Gasteiger partial charge in [-0.05, 0) is 53.4 Å². The van der Waals surface area contributed by atoms with E-state index in [1.807, 2.05) is 18.2 Å². The minimum absolute atomic E-state index is 0.321. The summed E-state index contributed by atoms with van der Waals surface area (Å²) in [7, 11) is 2.05. The first kappa shape index (κ1) is 13.6. The first-order valence-electron chi connectivity index (χ1n) is 6.28. The fourth-order valence-electron chi connectivity index (χ4n) is 2.26. The first-order valence-corrected chi connectivity index (χ1v) is 7.07. The lowest BCUT2D eigenvalue weighted by molar-refractivity contribution is 0.0216. The Morgan fingerprint density at radius 3 is 2.94 bits per heavy atom. The quantitative estimate of drug-likeness (QED) is 0.799. The lowest BCUT2D eigenvalue weighted by Gasteiger charge is -2.29. The van der Waals surface area contributed by atoms with Crippen LogP contribution in [0.2, 0.25) is 0 Å². The molecule has 0 amide bonds. The van der Waals surface area contributed by atoms with Gasteiger partial charge in [-0.2, -0.15) is 0 Å². The highest BCUT2D eigenvalue weighted by Crippen LogP contribution is 2.27. The van der Waals surface area contributed by atoms with Crippen molar-refractivity contribution in [2.45, 2.75) is 25.4 Å². The molecule has 1 aliphatic rings. The summed E-state index contributed by atoms with van der Waals surface area (Å²) in [6.45, 7) is 1.77. The zero-order valence-electron chi connectivity index (χ0n) is 10.6. The second-order valence-corrected chi connectivity index (χ2v) is 5.55. The van der Waals surface area contributed by atoms with Crippen LogP contribution in [0.15, 0.2) is 22.7 Å². The normalized spacial score (nSPS) is 19.6. The smallest absolute Gasteiger partial charge is 0.150 e. The molecule has 1 saturated heterocycles. The molecule has 0 aromatic heterocycles. The Kier molecular flexibility index (Phi) is 4.78. The number of likely N-dealkylation sites (N-methyl/N-ethyl adjacent to an activating group) is 1. The molecule has 4 heteroatoms. The fourth-order valence-corrected chi connectivity index (χ4v) is 2.96. The summed E-state index contributed by atoms with van der Waals surface area (Å²) in [6.07, 6.45) is 4.75. The number of hydrogen-bond donors (Lipinski definition) is 0. The van der Waals surface area contributed by atoms with E-state index in [9.17, 15) is 4.79 Å². The van der Waals surface area contributed by atoms with Crippen molar-refractivity contribution >= 4 is 27.9 Å². The lowest BCUT2D eigenvalue weighted by Crippen LogP contribution is -2.33. The fraction of sp³-hybridized carbons (Fsp3) is 0.500. The maximum Gasteiger partial charge on any atom is 0.150 e. The number of hydrogen-bond acceptors (Lipinski definition) is 3. The second-order valence-electron chi connectivity index (χ2n) is 4.70. The molecule has 1 fully saturated rings. The number of anilines is 1. The van der Waals surface area contributed by atoms with Gasteiger partial charge in [0.05, 0.1) is 11.8 Å². The molecule has 3 nitrogen and oxygen atoms in total. The van der Waals surface area contributed by atoms with Gasteiger partial charge in [0.25, 0.3) is 0 Å². The van der Waals surface area contributed by atoms with Crippen molar-refractivity contribution in [3.63, 3.8) is 0 Å². The van der Waals surface area contributed by atoms with Crippen LogP contribution in [0.4, 0.5) is 5.69 Å². The molecule has 1 aliphatic heterocycles. The third kappa shape index (κ3) is 3.33. The maximum absolute atomic E-state index is 10.7. The average Bonchev–Trinajstić information content (AvgIpc) is 2.39. The highest BCUT2D eigenvalue weighted by atomic mass is 79.9. The van der Waals surface area contributed by atoms with Crippen LogP contribution in [-0.4, -0.2) is 32.6 Å². The van der Waals surface area contributed by atoms with Crippen molar-refractivity contribution in [3.05, 3.63) is 28.2 Å². The van der Waals surface area contributed by atoms with E-state index >= 15 is 0 Å². The Hall–Kier alpha value is -0.870. The van der Waals surface area contributed by atoms with Gasteiger partial charge in [0.2, 0.25) is 0 Å². The molecule has 1 heterocycles. The number of carbonyl (C=O) groups is 1. The summed E-state index contributed by atoms with van der Waals surface area (Å²) in [5.74, 6) is 0. The number of rotatable bonds is 4. The SMILES string of the molecule is CN(CC1CCCCO1)c1ccc(C=O)cc1Br. The molecule has 2 rings (SSSR count). The van der Waals surface area contributed by atoms with Crippen LogP contribution < -0.4 is 4.90 Å². The van der Waals surface area contributed by atoms with Gasteiger partial charge in [-0.25, -0.2) is 0 Å². The van der Waals surface area contributed by atoms with E-state index in [0.717, 1.165) is 36.0 Å². The molecule has 1 aromatic carbocycles. The summed E-state index contributed by atoms with van der Waals surface area (Å²) in [6, 6.07) is 5.66. The molecule has 0 saturated carbocycles. The molecule has 0 spiro atoms. The Bertz CT molecular complexity index is 416. The van der Waals surface area contributed by atoms with Gasteiger partial charge in [0, 0.05) is 30.2 Å². The lowest BCUT2D eigenvalue weighted by atomic mass is 10.1. The molecule has 98 valence electrons. The highest BCUT2D eigenvalue weighted by Gasteiger charge is 2.17. The standard InChI is InChI=1S/C14H18BrNO2/c1-16(9-12-4-2-3-7-18-12)14-6-5-11(10-17)8-13(14)15/h5-6,8,10,12H,2-4,7,9H2,1H3. The molecule has 18 heavy (non-hydrogen) atoms. The van der Waals surface area contributed by atoms with Crippen LogP contribution in [0.5, 0.6) is 0 Å². The van der Waals surface area contributed by atoms with Crippen LogP contribution in [0.1, 0.15) is 29.6 Å². The van der Waals surface area contributed by atoms with E-state index in [1.54, 1.807) is 0 Å². The van der Waals surface area contributed by atoms with E-state index in [-0.39, 0.29) is 0 Å². The van der Waals surface area contributed by atoms with E-state index in [0.29, 0.717) is 11.7 Å². The van der Waals surface area contributed by atoms with E-state index in [4.69, 9.17) is 4.74 Å². The maximum atomic E-state index is 10.7. The van der Waals surface area contributed by atoms with Crippen molar-refractivity contribution < 1.29 is 9.53 Å². The van der Waals surface area contributed by atoms with Gasteiger partial charge >= 0.3 is 0 Å². The molecule has 0 aliphatic carbocycles.